The molecule has 148 valence electrons. The van der Waals surface area contributed by atoms with Crippen LogP contribution in [-0.2, 0) is 4.79 Å². The number of hydrogen-bond acceptors (Lipinski definition) is 3. The Kier molecular flexibility index (Phi) is 5.11. The van der Waals surface area contributed by atoms with Gasteiger partial charge in [-0.25, -0.2) is 0 Å². The first-order valence-electron chi connectivity index (χ1n) is 11.2. The third-order valence-electron chi connectivity index (χ3n) is 8.82. The average Bonchev–Trinajstić information content (AvgIpc) is 3.18. The number of rotatable bonds is 4. The van der Waals surface area contributed by atoms with E-state index in [1.807, 2.05) is 0 Å². The molecule has 4 nitrogen and oxygen atoms in total. The molecule has 5 fully saturated rings. The lowest BCUT2D eigenvalue weighted by Crippen LogP contribution is -2.62. The second-order valence-electron chi connectivity index (χ2n) is 9.93. The predicted molar refractivity (Wildman–Crippen MR) is 106 cm³/mol. The summed E-state index contributed by atoms with van der Waals surface area (Å²) >= 11 is 0. The molecule has 2 saturated heterocycles. The Labute approximate surface area is 160 Å². The van der Waals surface area contributed by atoms with Gasteiger partial charge in [0.2, 0.25) is 5.91 Å². The van der Waals surface area contributed by atoms with Gasteiger partial charge in [0.25, 0.3) is 0 Å². The lowest BCUT2D eigenvalue weighted by atomic mass is 9.53. The molecule has 0 radical (unpaired) electrons. The van der Waals surface area contributed by atoms with Crippen molar-refractivity contribution < 1.29 is 4.79 Å². The van der Waals surface area contributed by atoms with E-state index in [4.69, 9.17) is 0 Å². The molecule has 4 heteroatoms. The van der Waals surface area contributed by atoms with Crippen LogP contribution in [0.2, 0.25) is 0 Å². The molecule has 1 atom stereocenters. The molecule has 0 N–H and O–H groups in total. The van der Waals surface area contributed by atoms with Crippen molar-refractivity contribution in [2.24, 2.45) is 17.3 Å². The molecule has 2 heterocycles. The van der Waals surface area contributed by atoms with E-state index in [0.717, 1.165) is 58.2 Å². The molecule has 2 aliphatic heterocycles. The van der Waals surface area contributed by atoms with E-state index in [1.165, 1.54) is 38.5 Å². The highest BCUT2D eigenvalue weighted by Crippen LogP contribution is 2.57. The van der Waals surface area contributed by atoms with E-state index >= 15 is 0 Å². The minimum absolute atomic E-state index is 0.260. The van der Waals surface area contributed by atoms with Gasteiger partial charge in [-0.05, 0) is 69.4 Å². The number of carbonyl (C=O) groups is 1. The summed E-state index contributed by atoms with van der Waals surface area (Å²) in [5.41, 5.74) is 1.12. The average molecular weight is 362 g/mol. The van der Waals surface area contributed by atoms with Crippen molar-refractivity contribution in [1.29, 1.82) is 0 Å². The monoisotopic (exact) mass is 361 g/mol. The van der Waals surface area contributed by atoms with E-state index in [0.29, 0.717) is 16.9 Å². The van der Waals surface area contributed by atoms with Crippen LogP contribution in [0.3, 0.4) is 0 Å². The summed E-state index contributed by atoms with van der Waals surface area (Å²) in [6.45, 7) is 14.4. The van der Waals surface area contributed by atoms with Gasteiger partial charge in [-0.2, -0.15) is 0 Å². The molecule has 26 heavy (non-hydrogen) atoms. The molecule has 0 aromatic heterocycles. The highest BCUT2D eigenvalue weighted by Gasteiger charge is 2.52. The van der Waals surface area contributed by atoms with Crippen LogP contribution < -0.4 is 0 Å². The summed E-state index contributed by atoms with van der Waals surface area (Å²) < 4.78 is 0. The normalized spacial score (nSPS) is 39.1. The highest BCUT2D eigenvalue weighted by molar-refractivity contribution is 5.79. The number of carbonyl (C=O) groups excluding carboxylic acids is 1. The number of nitrogens with zero attached hydrogens (tertiary/aromatic N) is 3. The zero-order valence-corrected chi connectivity index (χ0v) is 17.3. The Hall–Kier alpha value is -0.610. The number of hydrogen-bond donors (Lipinski definition) is 0. The van der Waals surface area contributed by atoms with Crippen LogP contribution in [0.5, 0.6) is 0 Å². The predicted octanol–water partition coefficient (Wildman–Crippen LogP) is 3.22. The molecule has 5 aliphatic rings. The summed E-state index contributed by atoms with van der Waals surface area (Å²) in [6, 6.07) is 0. The van der Waals surface area contributed by atoms with Crippen LogP contribution in [-0.4, -0.2) is 72.0 Å². The fourth-order valence-electron chi connectivity index (χ4n) is 6.52. The third-order valence-corrected chi connectivity index (χ3v) is 8.82. The molecular weight excluding hydrogens is 322 g/mol. The lowest BCUT2D eigenvalue weighted by molar-refractivity contribution is -0.140. The standard InChI is InChI=1S/C22H39N3O/c1-4-23-12-5-19(17-23)20(26)24-13-15-25(16-14-24)22-9-6-21(7-10-22,8-11-22)18(2)3/h18-19H,4-17H2,1-3H3/t19-,21?,22?/m1/s1. The van der Waals surface area contributed by atoms with E-state index in [2.05, 4.69) is 35.5 Å². The highest BCUT2D eigenvalue weighted by atomic mass is 16.2. The first kappa shape index (κ1) is 18.7. The van der Waals surface area contributed by atoms with Crippen LogP contribution in [0.15, 0.2) is 0 Å². The largest absolute Gasteiger partial charge is 0.340 e. The fourth-order valence-corrected chi connectivity index (χ4v) is 6.52. The second-order valence-corrected chi connectivity index (χ2v) is 9.93. The zero-order valence-electron chi connectivity index (χ0n) is 17.3. The van der Waals surface area contributed by atoms with Crippen LogP contribution in [0, 0.1) is 17.3 Å². The minimum atomic E-state index is 0.260. The summed E-state index contributed by atoms with van der Waals surface area (Å²) in [5, 5.41) is 0. The molecule has 3 saturated carbocycles. The first-order chi connectivity index (χ1) is 12.5. The van der Waals surface area contributed by atoms with Crippen LogP contribution in [0.25, 0.3) is 0 Å². The van der Waals surface area contributed by atoms with Gasteiger partial charge in [0.05, 0.1) is 5.92 Å². The molecule has 0 unspecified atom stereocenters. The van der Waals surface area contributed by atoms with Crippen LogP contribution >= 0.6 is 0 Å². The number of likely N-dealkylation sites (tertiary alicyclic amines) is 1. The van der Waals surface area contributed by atoms with Crippen LogP contribution in [0.4, 0.5) is 0 Å². The van der Waals surface area contributed by atoms with Gasteiger partial charge >= 0.3 is 0 Å². The SMILES string of the molecule is CCN1CC[C@@H](C(=O)N2CCN(C34CCC(C(C)C)(CC3)CC4)CC2)C1. The van der Waals surface area contributed by atoms with Crippen molar-refractivity contribution in [3.8, 4) is 0 Å². The molecule has 5 rings (SSSR count). The van der Waals surface area contributed by atoms with Crippen molar-refractivity contribution >= 4 is 5.91 Å². The van der Waals surface area contributed by atoms with Crippen LogP contribution in [0.1, 0.15) is 65.7 Å². The Morgan fingerprint density at radius 1 is 0.962 bits per heavy atom. The van der Waals surface area contributed by atoms with Gasteiger partial charge in [0.15, 0.2) is 0 Å². The van der Waals surface area contributed by atoms with Crippen molar-refractivity contribution in [2.75, 3.05) is 45.8 Å². The topological polar surface area (TPSA) is 26.8 Å². The minimum Gasteiger partial charge on any atom is -0.340 e. The lowest BCUT2D eigenvalue weighted by Gasteiger charge is -2.60. The van der Waals surface area contributed by atoms with E-state index in [-0.39, 0.29) is 5.92 Å². The maximum absolute atomic E-state index is 12.9. The Bertz CT molecular complexity index is 499. The van der Waals surface area contributed by atoms with Crippen molar-refractivity contribution in [1.82, 2.24) is 14.7 Å². The molecule has 2 bridgehead atoms. The molecule has 0 aromatic carbocycles. The third kappa shape index (κ3) is 3.11. The summed E-state index contributed by atoms with van der Waals surface area (Å²) in [6.07, 6.45) is 9.54. The van der Waals surface area contributed by atoms with Gasteiger partial charge in [0, 0.05) is 38.3 Å². The number of piperazine rings is 1. The van der Waals surface area contributed by atoms with Crippen molar-refractivity contribution in [3.05, 3.63) is 0 Å². The fraction of sp³-hybridized carbons (Fsp3) is 0.955. The molecule has 0 spiro atoms. The van der Waals surface area contributed by atoms with Gasteiger partial charge in [0.1, 0.15) is 0 Å². The second kappa shape index (κ2) is 7.09. The number of amides is 1. The van der Waals surface area contributed by atoms with E-state index < -0.39 is 0 Å². The van der Waals surface area contributed by atoms with Crippen molar-refractivity contribution in [2.45, 2.75) is 71.3 Å². The number of fused-ring (bicyclic) bond motifs is 3. The summed E-state index contributed by atoms with van der Waals surface area (Å²) in [5.74, 6) is 1.53. The van der Waals surface area contributed by atoms with Gasteiger partial charge in [-0.15, -0.1) is 0 Å². The Morgan fingerprint density at radius 3 is 2.08 bits per heavy atom. The maximum atomic E-state index is 12.9. The Morgan fingerprint density at radius 2 is 1.58 bits per heavy atom. The molecule has 1 amide bonds. The van der Waals surface area contributed by atoms with E-state index in [1.54, 1.807) is 0 Å². The zero-order chi connectivity index (χ0) is 18.4. The molecule has 0 aromatic rings. The molecular formula is C22H39N3O. The maximum Gasteiger partial charge on any atom is 0.227 e. The smallest absolute Gasteiger partial charge is 0.227 e. The van der Waals surface area contributed by atoms with E-state index in [9.17, 15) is 4.79 Å². The first-order valence-corrected chi connectivity index (χ1v) is 11.2. The summed E-state index contributed by atoms with van der Waals surface area (Å²) in [7, 11) is 0. The quantitative estimate of drug-likeness (QED) is 0.769. The van der Waals surface area contributed by atoms with Gasteiger partial charge in [-0.1, -0.05) is 20.8 Å². The van der Waals surface area contributed by atoms with Crippen molar-refractivity contribution in [3.63, 3.8) is 0 Å². The Balaban J connectivity index is 1.31. The van der Waals surface area contributed by atoms with Gasteiger partial charge in [-0.3, -0.25) is 9.69 Å². The molecule has 3 aliphatic carbocycles. The van der Waals surface area contributed by atoms with Gasteiger partial charge < -0.3 is 9.80 Å². The summed E-state index contributed by atoms with van der Waals surface area (Å²) in [4.78, 5) is 20.3.